The van der Waals surface area contributed by atoms with Crippen LogP contribution < -0.4 is 5.32 Å². The summed E-state index contributed by atoms with van der Waals surface area (Å²) in [6.07, 6.45) is 85.5. The van der Waals surface area contributed by atoms with Crippen LogP contribution in [0.2, 0.25) is 0 Å². The lowest BCUT2D eigenvalue weighted by atomic mass is 9.99. The van der Waals surface area contributed by atoms with Gasteiger partial charge in [-0.25, -0.2) is 0 Å². The quantitative estimate of drug-likeness (QED) is 0.0195. The lowest BCUT2D eigenvalue weighted by Crippen LogP contribution is -2.60. The number of aliphatic hydroxyl groups is 5. The van der Waals surface area contributed by atoms with Crippen molar-refractivity contribution in [3.8, 4) is 0 Å². The van der Waals surface area contributed by atoms with E-state index in [1.165, 1.54) is 295 Å². The highest BCUT2D eigenvalue weighted by Crippen LogP contribution is 2.24. The summed E-state index contributed by atoms with van der Waals surface area (Å²) < 4.78 is 16.7. The molecule has 1 fully saturated rings. The summed E-state index contributed by atoms with van der Waals surface area (Å²) in [5.41, 5.74) is 0. The van der Waals surface area contributed by atoms with E-state index in [1.807, 2.05) is 6.08 Å². The minimum absolute atomic E-state index is 0.00668. The average Bonchev–Trinajstić information content (AvgIpc) is 0.962. The molecule has 0 saturated carbocycles. The molecular weight excluding hydrogens is 1160 g/mol. The monoisotopic (exact) mass is 1310 g/mol. The molecule has 544 valence electrons. The highest BCUT2D eigenvalue weighted by atomic mass is 16.7. The van der Waals surface area contributed by atoms with Crippen molar-refractivity contribution >= 4 is 11.9 Å². The Morgan fingerprint density at radius 2 is 0.731 bits per heavy atom. The highest BCUT2D eigenvalue weighted by molar-refractivity contribution is 5.76. The van der Waals surface area contributed by atoms with E-state index in [9.17, 15) is 35.1 Å². The molecule has 1 rings (SSSR count). The third-order valence-electron chi connectivity index (χ3n) is 18.8. The molecule has 0 bridgehead atoms. The first kappa shape index (κ1) is 88.4. The van der Waals surface area contributed by atoms with Gasteiger partial charge in [-0.1, -0.05) is 331 Å². The van der Waals surface area contributed by atoms with Crippen molar-refractivity contribution in [3.05, 3.63) is 60.8 Å². The molecule has 0 spiro atoms. The number of rotatable bonds is 71. The number of unbranched alkanes of at least 4 members (excludes halogenated alkanes) is 49. The van der Waals surface area contributed by atoms with Gasteiger partial charge in [0.1, 0.15) is 24.4 Å². The van der Waals surface area contributed by atoms with Gasteiger partial charge in [0.15, 0.2) is 6.29 Å². The van der Waals surface area contributed by atoms with E-state index in [4.69, 9.17) is 14.2 Å². The molecule has 1 aliphatic rings. The van der Waals surface area contributed by atoms with Crippen molar-refractivity contribution in [2.75, 3.05) is 19.8 Å². The molecule has 11 nitrogen and oxygen atoms in total. The topological polar surface area (TPSA) is 175 Å². The fraction of sp³-hybridized carbons (Fsp3) is 0.854. The Balaban J connectivity index is 1.89. The maximum absolute atomic E-state index is 13.1. The van der Waals surface area contributed by atoms with E-state index in [1.54, 1.807) is 6.08 Å². The second-order valence-electron chi connectivity index (χ2n) is 27.7. The number of hydrogen-bond donors (Lipinski definition) is 6. The molecule has 0 aliphatic carbocycles. The SMILES string of the molecule is CCCCCCC/C=C/CC/C=C/C(O)C(COC1OC(CO)C(O)C(O)C1O)NC(=O)CCCCCCCCCCCCCCCCCCC/C=C\C/C=C\CCCCCCCCCCCCCCCCCOC(=O)CCCCCCC/C=C\CCCCCCCC. The summed E-state index contributed by atoms with van der Waals surface area (Å²) in [5, 5.41) is 54.4. The van der Waals surface area contributed by atoms with Crippen LogP contribution in [-0.2, 0) is 23.8 Å². The van der Waals surface area contributed by atoms with Crippen molar-refractivity contribution in [2.24, 2.45) is 0 Å². The van der Waals surface area contributed by atoms with Crippen molar-refractivity contribution in [1.29, 1.82) is 0 Å². The molecule has 0 aromatic rings. The molecular formula is C82H151NO10. The molecule has 11 heteroatoms. The minimum Gasteiger partial charge on any atom is -0.466 e. The minimum atomic E-state index is -1.58. The largest absolute Gasteiger partial charge is 0.466 e. The van der Waals surface area contributed by atoms with Crippen LogP contribution in [0, 0.1) is 0 Å². The highest BCUT2D eigenvalue weighted by Gasteiger charge is 2.44. The van der Waals surface area contributed by atoms with Gasteiger partial charge in [0.2, 0.25) is 5.91 Å². The molecule has 93 heavy (non-hydrogen) atoms. The van der Waals surface area contributed by atoms with Crippen molar-refractivity contribution in [1.82, 2.24) is 5.32 Å². The van der Waals surface area contributed by atoms with Crippen LogP contribution in [-0.4, -0.2) is 100 Å². The zero-order valence-corrected chi connectivity index (χ0v) is 60.7. The summed E-state index contributed by atoms with van der Waals surface area (Å²) in [6, 6.07) is -0.825. The fourth-order valence-electron chi connectivity index (χ4n) is 12.5. The second-order valence-corrected chi connectivity index (χ2v) is 27.7. The summed E-state index contributed by atoms with van der Waals surface area (Å²) in [6.45, 7) is 4.33. The molecule has 0 aromatic carbocycles. The number of nitrogens with one attached hydrogen (secondary N) is 1. The Hall–Kier alpha value is -2.64. The van der Waals surface area contributed by atoms with E-state index in [2.05, 4.69) is 67.8 Å². The van der Waals surface area contributed by atoms with E-state index < -0.39 is 49.5 Å². The van der Waals surface area contributed by atoms with Gasteiger partial charge < -0.3 is 45.1 Å². The maximum Gasteiger partial charge on any atom is 0.305 e. The normalized spacial score (nSPS) is 17.8. The smallest absolute Gasteiger partial charge is 0.305 e. The number of ether oxygens (including phenoxy) is 3. The number of carbonyl (C=O) groups is 2. The molecule has 7 unspecified atom stereocenters. The van der Waals surface area contributed by atoms with Gasteiger partial charge in [-0.05, 0) is 103 Å². The summed E-state index contributed by atoms with van der Waals surface area (Å²) in [7, 11) is 0. The molecule has 7 atom stereocenters. The predicted molar refractivity (Wildman–Crippen MR) is 393 cm³/mol. The Bertz CT molecular complexity index is 1730. The van der Waals surface area contributed by atoms with E-state index in [-0.39, 0.29) is 18.5 Å². The van der Waals surface area contributed by atoms with Crippen molar-refractivity contribution in [3.63, 3.8) is 0 Å². The zero-order chi connectivity index (χ0) is 67.2. The van der Waals surface area contributed by atoms with E-state index >= 15 is 0 Å². The molecule has 1 aliphatic heterocycles. The fourth-order valence-corrected chi connectivity index (χ4v) is 12.5. The van der Waals surface area contributed by atoms with E-state index in [0.29, 0.717) is 19.4 Å². The molecule has 1 heterocycles. The lowest BCUT2D eigenvalue weighted by Gasteiger charge is -2.40. The Kier molecular flexibility index (Phi) is 67.2. The van der Waals surface area contributed by atoms with Crippen LogP contribution in [0.15, 0.2) is 60.8 Å². The molecule has 0 aromatic heterocycles. The van der Waals surface area contributed by atoms with Crippen LogP contribution in [0.4, 0.5) is 0 Å². The van der Waals surface area contributed by atoms with E-state index in [0.717, 1.165) is 64.2 Å². The van der Waals surface area contributed by atoms with Crippen LogP contribution in [0.25, 0.3) is 0 Å². The average molecular weight is 1310 g/mol. The number of amides is 1. The summed E-state index contributed by atoms with van der Waals surface area (Å²) >= 11 is 0. The molecule has 0 radical (unpaired) electrons. The predicted octanol–water partition coefficient (Wildman–Crippen LogP) is 21.6. The van der Waals surface area contributed by atoms with Gasteiger partial charge in [0, 0.05) is 12.8 Å². The van der Waals surface area contributed by atoms with Crippen molar-refractivity contribution in [2.45, 2.75) is 429 Å². The summed E-state index contributed by atoms with van der Waals surface area (Å²) in [4.78, 5) is 25.1. The van der Waals surface area contributed by atoms with Gasteiger partial charge >= 0.3 is 5.97 Å². The van der Waals surface area contributed by atoms with Gasteiger partial charge in [0.05, 0.1) is 32.0 Å². The lowest BCUT2D eigenvalue weighted by molar-refractivity contribution is -0.302. The maximum atomic E-state index is 13.1. The van der Waals surface area contributed by atoms with Crippen LogP contribution in [0.5, 0.6) is 0 Å². The Morgan fingerprint density at radius 1 is 0.398 bits per heavy atom. The number of carbonyl (C=O) groups excluding carboxylic acids is 2. The number of aliphatic hydroxyl groups excluding tert-OH is 5. The Labute approximate surface area is 573 Å². The number of esters is 1. The van der Waals surface area contributed by atoms with Gasteiger partial charge in [-0.15, -0.1) is 0 Å². The first-order chi connectivity index (χ1) is 45.7. The van der Waals surface area contributed by atoms with Crippen LogP contribution in [0.1, 0.15) is 386 Å². The first-order valence-corrected chi connectivity index (χ1v) is 40.1. The standard InChI is InChI=1S/C82H151NO10/c1-3-5-7-9-11-13-15-16-42-46-50-54-58-62-66-70-78(87)91-71-67-63-59-55-51-47-44-41-39-37-35-33-31-29-27-25-23-21-19-17-18-20-22-24-26-28-30-32-34-36-38-40-43-45-49-53-57-61-65-69-77(86)83-74(73-92-82-81(90)80(89)79(88)76(72-84)93-82)75(85)68-64-60-56-52-48-14-12-10-8-6-4-2/h16-18,21,23,42,48,52,64,68,74-76,79-82,84-85,88-90H,3-15,19-20,22,24-41,43-47,49-51,53-63,65-67,69-73H2,1-2H3,(H,83,86)/b18-17-,23-21-,42-16-,52-48+,68-64+. The summed E-state index contributed by atoms with van der Waals surface area (Å²) in [5.74, 6) is -0.182. The Morgan fingerprint density at radius 3 is 1.13 bits per heavy atom. The van der Waals surface area contributed by atoms with Gasteiger partial charge in [0.25, 0.3) is 0 Å². The molecule has 6 N–H and O–H groups in total. The van der Waals surface area contributed by atoms with Gasteiger partial charge in [-0.3, -0.25) is 9.59 Å². The van der Waals surface area contributed by atoms with Crippen LogP contribution >= 0.6 is 0 Å². The zero-order valence-electron chi connectivity index (χ0n) is 60.7. The first-order valence-electron chi connectivity index (χ1n) is 40.1. The third kappa shape index (κ3) is 59.2. The van der Waals surface area contributed by atoms with Gasteiger partial charge in [-0.2, -0.15) is 0 Å². The molecule has 1 saturated heterocycles. The third-order valence-corrected chi connectivity index (χ3v) is 18.8. The molecule has 1 amide bonds. The number of allylic oxidation sites excluding steroid dienone is 9. The van der Waals surface area contributed by atoms with Crippen molar-refractivity contribution < 1.29 is 49.3 Å². The number of hydrogen-bond acceptors (Lipinski definition) is 10. The van der Waals surface area contributed by atoms with Crippen LogP contribution in [0.3, 0.4) is 0 Å². The second kappa shape index (κ2) is 70.7.